The summed E-state index contributed by atoms with van der Waals surface area (Å²) in [5.74, 6) is -0.888. The van der Waals surface area contributed by atoms with Crippen molar-refractivity contribution in [1.82, 2.24) is 4.98 Å². The molecule has 116 valence electrons. The second kappa shape index (κ2) is 6.17. The van der Waals surface area contributed by atoms with E-state index in [1.807, 2.05) is 0 Å². The van der Waals surface area contributed by atoms with Gasteiger partial charge in [-0.25, -0.2) is 0 Å². The summed E-state index contributed by atoms with van der Waals surface area (Å²) in [6.45, 7) is 3.36. The number of rotatable bonds is 3. The number of hydrogen-bond donors (Lipinski definition) is 1. The highest BCUT2D eigenvalue weighted by Crippen LogP contribution is 2.35. The zero-order valence-electron chi connectivity index (χ0n) is 12.1. The van der Waals surface area contributed by atoms with Crippen molar-refractivity contribution >= 4 is 11.6 Å². The zero-order chi connectivity index (χ0) is 16.3. The average molecular weight is 308 g/mol. The number of anilines is 1. The predicted octanol–water partition coefficient (Wildman–Crippen LogP) is 4.48. The number of pyridine rings is 1. The molecule has 2 aromatic rings. The van der Waals surface area contributed by atoms with E-state index in [-0.39, 0.29) is 17.0 Å². The van der Waals surface area contributed by atoms with Crippen LogP contribution in [0.1, 0.15) is 41.3 Å². The monoisotopic (exact) mass is 308 g/mol. The van der Waals surface area contributed by atoms with E-state index in [0.717, 1.165) is 6.07 Å². The fraction of sp³-hybridized carbons (Fsp3) is 0.250. The summed E-state index contributed by atoms with van der Waals surface area (Å²) in [6, 6.07) is 6.87. The molecule has 0 saturated carbocycles. The second-order valence-corrected chi connectivity index (χ2v) is 5.15. The molecule has 2 rings (SSSR count). The van der Waals surface area contributed by atoms with Gasteiger partial charge in [0, 0.05) is 11.8 Å². The molecule has 1 N–H and O–H groups in total. The van der Waals surface area contributed by atoms with Gasteiger partial charge in [-0.05, 0) is 35.7 Å². The summed E-state index contributed by atoms with van der Waals surface area (Å²) in [7, 11) is 0. The zero-order valence-corrected chi connectivity index (χ0v) is 12.1. The van der Waals surface area contributed by atoms with E-state index in [1.54, 1.807) is 26.0 Å². The number of nitrogens with one attached hydrogen (secondary N) is 1. The van der Waals surface area contributed by atoms with Crippen molar-refractivity contribution < 1.29 is 18.0 Å². The molecule has 1 aromatic heterocycles. The van der Waals surface area contributed by atoms with E-state index in [0.29, 0.717) is 5.69 Å². The second-order valence-electron chi connectivity index (χ2n) is 5.15. The fourth-order valence-corrected chi connectivity index (χ4v) is 2.09. The summed E-state index contributed by atoms with van der Waals surface area (Å²) in [5.41, 5.74) is -0.221. The van der Waals surface area contributed by atoms with E-state index >= 15 is 0 Å². The Morgan fingerprint density at radius 3 is 2.50 bits per heavy atom. The Bertz CT molecular complexity index is 667. The number of nitrogens with zero attached hydrogens (tertiary/aromatic N) is 1. The van der Waals surface area contributed by atoms with Crippen LogP contribution in [0.15, 0.2) is 42.7 Å². The maximum atomic E-state index is 13.1. The van der Waals surface area contributed by atoms with E-state index in [2.05, 4.69) is 10.3 Å². The van der Waals surface area contributed by atoms with Gasteiger partial charge in [0.15, 0.2) is 0 Å². The summed E-state index contributed by atoms with van der Waals surface area (Å²) in [5, 5.41) is 2.52. The highest BCUT2D eigenvalue weighted by atomic mass is 19.4. The lowest BCUT2D eigenvalue weighted by atomic mass is 9.94. The van der Waals surface area contributed by atoms with Gasteiger partial charge in [0.05, 0.1) is 17.4 Å². The molecule has 0 aliphatic carbocycles. The quantitative estimate of drug-likeness (QED) is 0.908. The van der Waals surface area contributed by atoms with Gasteiger partial charge >= 0.3 is 6.18 Å². The lowest BCUT2D eigenvalue weighted by Gasteiger charge is -2.16. The Morgan fingerprint density at radius 2 is 1.95 bits per heavy atom. The van der Waals surface area contributed by atoms with Gasteiger partial charge in [-0.2, -0.15) is 13.2 Å². The summed E-state index contributed by atoms with van der Waals surface area (Å²) >= 11 is 0. The minimum absolute atomic E-state index is 0.0411. The smallest absolute Gasteiger partial charge is 0.321 e. The maximum Gasteiger partial charge on any atom is 0.416 e. The van der Waals surface area contributed by atoms with Crippen LogP contribution in [-0.2, 0) is 6.18 Å². The Balaban J connectivity index is 2.34. The normalized spacial score (nSPS) is 11.5. The van der Waals surface area contributed by atoms with Crippen molar-refractivity contribution in [2.45, 2.75) is 25.9 Å². The molecule has 6 heteroatoms. The molecule has 22 heavy (non-hydrogen) atoms. The molecular formula is C16H15F3N2O. The molecule has 1 amide bonds. The summed E-state index contributed by atoms with van der Waals surface area (Å²) in [4.78, 5) is 15.9. The van der Waals surface area contributed by atoms with Crippen LogP contribution in [0.5, 0.6) is 0 Å². The molecule has 0 radical (unpaired) electrons. The maximum absolute atomic E-state index is 13.1. The predicted molar refractivity (Wildman–Crippen MR) is 77.7 cm³/mol. The lowest BCUT2D eigenvalue weighted by molar-refractivity contribution is -0.138. The van der Waals surface area contributed by atoms with Crippen LogP contribution in [-0.4, -0.2) is 10.9 Å². The minimum atomic E-state index is -4.50. The molecule has 0 spiro atoms. The molecule has 0 aliphatic heterocycles. The minimum Gasteiger partial charge on any atom is -0.321 e. The number of carbonyl (C=O) groups excluding carboxylic acids is 1. The third-order valence-corrected chi connectivity index (χ3v) is 3.16. The van der Waals surface area contributed by atoms with Gasteiger partial charge in [-0.15, -0.1) is 0 Å². The molecule has 1 heterocycles. The number of hydrogen-bond acceptors (Lipinski definition) is 2. The highest BCUT2D eigenvalue weighted by molar-refractivity contribution is 6.04. The van der Waals surface area contributed by atoms with E-state index in [9.17, 15) is 18.0 Å². The van der Waals surface area contributed by atoms with Crippen LogP contribution >= 0.6 is 0 Å². The molecule has 0 unspecified atom stereocenters. The van der Waals surface area contributed by atoms with Crippen molar-refractivity contribution in [3.05, 3.63) is 59.4 Å². The highest BCUT2D eigenvalue weighted by Gasteiger charge is 2.34. The van der Waals surface area contributed by atoms with Crippen LogP contribution < -0.4 is 5.32 Å². The number of halogens is 3. The SMILES string of the molecule is CC(C)c1ccc(C(=O)Nc2cccnc2)cc1C(F)(F)F. The van der Waals surface area contributed by atoms with Crippen molar-refractivity contribution in [3.63, 3.8) is 0 Å². The average Bonchev–Trinajstić information content (AvgIpc) is 2.46. The first-order valence-electron chi connectivity index (χ1n) is 6.71. The molecule has 0 aliphatic rings. The first-order valence-corrected chi connectivity index (χ1v) is 6.71. The molecule has 0 atom stereocenters. The van der Waals surface area contributed by atoms with Gasteiger partial charge in [-0.1, -0.05) is 19.9 Å². The topological polar surface area (TPSA) is 42.0 Å². The third kappa shape index (κ3) is 3.63. The standard InChI is InChI=1S/C16H15F3N2O/c1-10(2)13-6-5-11(8-14(13)16(17,18)19)15(22)21-12-4-3-7-20-9-12/h3-10H,1-2H3,(H,21,22). The molecule has 1 aromatic carbocycles. The number of amides is 1. The van der Waals surface area contributed by atoms with E-state index in [4.69, 9.17) is 0 Å². The van der Waals surface area contributed by atoms with E-state index in [1.165, 1.54) is 24.5 Å². The van der Waals surface area contributed by atoms with Crippen molar-refractivity contribution in [2.75, 3.05) is 5.32 Å². The van der Waals surface area contributed by atoms with E-state index < -0.39 is 17.6 Å². The van der Waals surface area contributed by atoms with Gasteiger partial charge in [-0.3, -0.25) is 9.78 Å². The van der Waals surface area contributed by atoms with Crippen molar-refractivity contribution in [1.29, 1.82) is 0 Å². The van der Waals surface area contributed by atoms with Crippen LogP contribution in [0.4, 0.5) is 18.9 Å². The fourth-order valence-electron chi connectivity index (χ4n) is 2.09. The molecule has 0 bridgehead atoms. The largest absolute Gasteiger partial charge is 0.416 e. The first kappa shape index (κ1) is 16.0. The summed E-state index contributed by atoms with van der Waals surface area (Å²) < 4.78 is 39.4. The Labute approximate surface area is 126 Å². The van der Waals surface area contributed by atoms with Crippen molar-refractivity contribution in [2.24, 2.45) is 0 Å². The Kier molecular flexibility index (Phi) is 4.49. The lowest BCUT2D eigenvalue weighted by Crippen LogP contribution is -2.16. The number of aromatic nitrogens is 1. The van der Waals surface area contributed by atoms with Crippen LogP contribution in [0.25, 0.3) is 0 Å². The summed E-state index contributed by atoms with van der Waals surface area (Å²) in [6.07, 6.45) is -1.54. The Morgan fingerprint density at radius 1 is 1.23 bits per heavy atom. The van der Waals surface area contributed by atoms with Crippen LogP contribution in [0.3, 0.4) is 0 Å². The number of alkyl halides is 3. The van der Waals surface area contributed by atoms with Crippen LogP contribution in [0.2, 0.25) is 0 Å². The molecule has 0 fully saturated rings. The molecule has 0 saturated heterocycles. The number of carbonyl (C=O) groups is 1. The third-order valence-electron chi connectivity index (χ3n) is 3.16. The molecule has 3 nitrogen and oxygen atoms in total. The Hall–Kier alpha value is -2.37. The van der Waals surface area contributed by atoms with Crippen molar-refractivity contribution in [3.8, 4) is 0 Å². The van der Waals surface area contributed by atoms with Gasteiger partial charge < -0.3 is 5.32 Å². The number of benzene rings is 1. The van der Waals surface area contributed by atoms with Gasteiger partial charge in [0.1, 0.15) is 0 Å². The van der Waals surface area contributed by atoms with Gasteiger partial charge in [0.25, 0.3) is 5.91 Å². The first-order chi connectivity index (χ1) is 10.3. The van der Waals surface area contributed by atoms with Crippen LogP contribution in [0, 0.1) is 0 Å². The molecular weight excluding hydrogens is 293 g/mol. The van der Waals surface area contributed by atoms with Gasteiger partial charge in [0.2, 0.25) is 0 Å².